The zero-order valence-electron chi connectivity index (χ0n) is 23.4. The molecule has 5 aromatic rings. The van der Waals surface area contributed by atoms with E-state index in [0.717, 1.165) is 33.4 Å². The van der Waals surface area contributed by atoms with Gasteiger partial charge in [-0.05, 0) is 77.1 Å². The second-order valence-electron chi connectivity index (χ2n) is 11.2. The maximum Gasteiger partial charge on any atom is 0.239 e. The van der Waals surface area contributed by atoms with E-state index in [4.69, 9.17) is 16.0 Å². The van der Waals surface area contributed by atoms with Crippen LogP contribution >= 0.6 is 11.6 Å². The number of halogens is 1. The van der Waals surface area contributed by atoms with Gasteiger partial charge in [-0.25, -0.2) is 0 Å². The molecule has 2 amide bonds. The molecular weight excluding hydrogens is 532 g/mol. The molecule has 1 heterocycles. The smallest absolute Gasteiger partial charge is 0.239 e. The lowest BCUT2D eigenvalue weighted by atomic mass is 9.84. The second kappa shape index (κ2) is 12.0. The van der Waals surface area contributed by atoms with Gasteiger partial charge in [0.25, 0.3) is 0 Å². The Morgan fingerprint density at radius 1 is 0.805 bits per heavy atom. The van der Waals surface area contributed by atoms with Crippen LogP contribution in [0.4, 0.5) is 11.4 Å². The van der Waals surface area contributed by atoms with Crippen molar-refractivity contribution in [2.75, 3.05) is 16.5 Å². The van der Waals surface area contributed by atoms with Gasteiger partial charge in [-0.1, -0.05) is 75.4 Å². The van der Waals surface area contributed by atoms with E-state index >= 15 is 0 Å². The topological polar surface area (TPSA) is 71.3 Å². The van der Waals surface area contributed by atoms with Crippen molar-refractivity contribution in [1.29, 1.82) is 0 Å². The number of hydrogen-bond donors (Lipinski definition) is 2. The fourth-order valence-electron chi connectivity index (χ4n) is 4.80. The first kappa shape index (κ1) is 28.2. The van der Waals surface area contributed by atoms with Gasteiger partial charge in [0, 0.05) is 22.3 Å². The Hall–Kier alpha value is -4.35. The van der Waals surface area contributed by atoms with E-state index in [2.05, 4.69) is 43.5 Å². The summed E-state index contributed by atoms with van der Waals surface area (Å²) < 4.78 is 5.99. The molecule has 6 heteroatoms. The van der Waals surface area contributed by atoms with Gasteiger partial charge in [0.15, 0.2) is 0 Å². The Morgan fingerprint density at radius 2 is 1.44 bits per heavy atom. The lowest BCUT2D eigenvalue weighted by molar-refractivity contribution is -0.117. The molecule has 1 aromatic heterocycles. The number of nitrogens with one attached hydrogen (secondary N) is 2. The molecule has 0 spiro atoms. The lowest BCUT2D eigenvalue weighted by Gasteiger charge is -2.22. The number of rotatable bonds is 8. The molecule has 0 aliphatic carbocycles. The summed E-state index contributed by atoms with van der Waals surface area (Å²) in [5.41, 5.74) is 6.31. The summed E-state index contributed by atoms with van der Waals surface area (Å²) in [6.45, 7) is 6.52. The summed E-state index contributed by atoms with van der Waals surface area (Å²) in [7, 11) is 0. The molecule has 0 aliphatic heterocycles. The Bertz CT molecular complexity index is 1610. The Morgan fingerprint density at radius 3 is 2.07 bits per heavy atom. The molecule has 0 saturated carbocycles. The summed E-state index contributed by atoms with van der Waals surface area (Å²) in [5.74, 6) is -0.0891. The number of anilines is 2. The van der Waals surface area contributed by atoms with Gasteiger partial charge >= 0.3 is 0 Å². The van der Waals surface area contributed by atoms with Crippen LogP contribution in [0, 0.1) is 0 Å². The van der Waals surface area contributed by atoms with Crippen molar-refractivity contribution in [3.8, 4) is 11.3 Å². The van der Waals surface area contributed by atoms with Crippen molar-refractivity contribution in [1.82, 2.24) is 0 Å². The predicted octanol–water partition coefficient (Wildman–Crippen LogP) is 8.54. The van der Waals surface area contributed by atoms with Gasteiger partial charge in [-0.15, -0.1) is 11.6 Å². The van der Waals surface area contributed by atoms with Crippen LogP contribution in [0.1, 0.15) is 43.4 Å². The van der Waals surface area contributed by atoms with Crippen LogP contribution in [0.15, 0.2) is 108 Å². The van der Waals surface area contributed by atoms with Crippen LogP contribution < -0.4 is 10.6 Å². The number of carbonyl (C=O) groups excluding carboxylic acids is 2. The SMILES string of the molecule is CC(C)(C)c1ccc(C(Cc2ccc(NC(=O)CCl)cc2)C(=O)Nc2ccc(-c3cc4ccccc4o3)cc2)cc1. The maximum absolute atomic E-state index is 13.7. The Balaban J connectivity index is 1.36. The number of para-hydroxylation sites is 1. The van der Waals surface area contributed by atoms with Crippen molar-refractivity contribution in [2.24, 2.45) is 0 Å². The molecule has 5 rings (SSSR count). The van der Waals surface area contributed by atoms with Crippen LogP contribution in [-0.4, -0.2) is 17.7 Å². The van der Waals surface area contributed by atoms with Crippen molar-refractivity contribution < 1.29 is 14.0 Å². The summed E-state index contributed by atoms with van der Waals surface area (Å²) in [5, 5.41) is 6.91. The van der Waals surface area contributed by atoms with Crippen LogP contribution in [-0.2, 0) is 21.4 Å². The van der Waals surface area contributed by atoms with Gasteiger partial charge in [0.1, 0.15) is 17.2 Å². The number of carbonyl (C=O) groups is 2. The third-order valence-corrected chi connectivity index (χ3v) is 7.40. The predicted molar refractivity (Wildman–Crippen MR) is 168 cm³/mol. The Kier molecular flexibility index (Phi) is 8.27. The fourth-order valence-corrected chi connectivity index (χ4v) is 4.87. The first-order valence-corrected chi connectivity index (χ1v) is 14.2. The van der Waals surface area contributed by atoms with Crippen LogP contribution in [0.3, 0.4) is 0 Å². The molecule has 0 fully saturated rings. The average Bonchev–Trinajstić information content (AvgIpc) is 3.41. The number of hydrogen-bond acceptors (Lipinski definition) is 3. The maximum atomic E-state index is 13.7. The highest BCUT2D eigenvalue weighted by atomic mass is 35.5. The lowest BCUT2D eigenvalue weighted by Crippen LogP contribution is -2.23. The molecule has 0 aliphatic rings. The standard InChI is InChI=1S/C35H33ClN2O3/c1-35(2,3)27-14-10-24(11-15-27)30(20-23-8-16-28(17-9-23)37-33(39)22-36)34(40)38-29-18-12-25(13-19-29)32-21-26-6-4-5-7-31(26)41-32/h4-19,21,30H,20,22H2,1-3H3,(H,37,39)(H,38,40). The fraction of sp³-hybridized carbons (Fsp3) is 0.200. The zero-order chi connectivity index (χ0) is 29.0. The summed E-state index contributed by atoms with van der Waals surface area (Å²) in [6, 6.07) is 33.4. The summed E-state index contributed by atoms with van der Waals surface area (Å²) >= 11 is 5.61. The number of fused-ring (bicyclic) bond motifs is 1. The van der Waals surface area contributed by atoms with Crippen LogP contribution in [0.25, 0.3) is 22.3 Å². The van der Waals surface area contributed by atoms with Crippen molar-refractivity contribution >= 4 is 45.8 Å². The Labute approximate surface area is 245 Å². The minimum atomic E-state index is -0.414. The van der Waals surface area contributed by atoms with Gasteiger partial charge < -0.3 is 15.1 Å². The highest BCUT2D eigenvalue weighted by Crippen LogP contribution is 2.30. The quantitative estimate of drug-likeness (QED) is 0.185. The molecule has 5 nitrogen and oxygen atoms in total. The number of furan rings is 1. The zero-order valence-corrected chi connectivity index (χ0v) is 24.2. The molecule has 41 heavy (non-hydrogen) atoms. The number of alkyl halides is 1. The van der Waals surface area contributed by atoms with Crippen molar-refractivity contribution in [2.45, 2.75) is 38.5 Å². The molecule has 2 N–H and O–H groups in total. The van der Waals surface area contributed by atoms with Gasteiger partial charge in [0.2, 0.25) is 11.8 Å². The molecule has 1 unspecified atom stereocenters. The second-order valence-corrected chi connectivity index (χ2v) is 11.5. The molecule has 1 atom stereocenters. The first-order chi connectivity index (χ1) is 19.7. The summed E-state index contributed by atoms with van der Waals surface area (Å²) in [4.78, 5) is 25.4. The van der Waals surface area contributed by atoms with Gasteiger partial charge in [0.05, 0.1) is 5.92 Å². The highest BCUT2D eigenvalue weighted by Gasteiger charge is 2.23. The highest BCUT2D eigenvalue weighted by molar-refractivity contribution is 6.29. The largest absolute Gasteiger partial charge is 0.456 e. The monoisotopic (exact) mass is 564 g/mol. The summed E-state index contributed by atoms with van der Waals surface area (Å²) in [6.07, 6.45) is 0.501. The number of benzene rings is 4. The van der Waals surface area contributed by atoms with E-state index < -0.39 is 5.92 Å². The molecule has 0 saturated heterocycles. The normalized spacial score (nSPS) is 12.2. The molecule has 208 valence electrons. The van der Waals surface area contributed by atoms with Crippen LogP contribution in [0.2, 0.25) is 0 Å². The third-order valence-electron chi connectivity index (χ3n) is 7.16. The molecular formula is C35H33ClN2O3. The van der Waals surface area contributed by atoms with E-state index in [0.29, 0.717) is 17.8 Å². The first-order valence-electron chi connectivity index (χ1n) is 13.6. The molecule has 4 aromatic carbocycles. The van der Waals surface area contributed by atoms with E-state index in [1.54, 1.807) is 0 Å². The van der Waals surface area contributed by atoms with Crippen molar-refractivity contribution in [3.05, 3.63) is 120 Å². The van der Waals surface area contributed by atoms with Crippen molar-refractivity contribution in [3.63, 3.8) is 0 Å². The van der Waals surface area contributed by atoms with Gasteiger partial charge in [-0.2, -0.15) is 0 Å². The van der Waals surface area contributed by atoms with E-state index in [1.165, 1.54) is 5.56 Å². The molecule has 0 bridgehead atoms. The van der Waals surface area contributed by atoms with Crippen LogP contribution in [0.5, 0.6) is 0 Å². The van der Waals surface area contributed by atoms with Gasteiger partial charge in [-0.3, -0.25) is 9.59 Å². The van der Waals surface area contributed by atoms with E-state index in [-0.39, 0.29) is 23.1 Å². The average molecular weight is 565 g/mol. The van der Waals surface area contributed by atoms with E-state index in [9.17, 15) is 9.59 Å². The van der Waals surface area contributed by atoms with E-state index in [1.807, 2.05) is 91.0 Å². The minimum absolute atomic E-state index is 0.0150. The minimum Gasteiger partial charge on any atom is -0.456 e. The molecule has 0 radical (unpaired) electrons. The number of amides is 2. The third kappa shape index (κ3) is 6.87.